The second-order valence-corrected chi connectivity index (χ2v) is 7.84. The van der Waals surface area contributed by atoms with E-state index in [0.717, 1.165) is 21.8 Å². The third-order valence-electron chi connectivity index (χ3n) is 3.09. The number of hydrogen-bond acceptors (Lipinski definition) is 4. The van der Waals surface area contributed by atoms with E-state index in [1.165, 1.54) is 29.7 Å². The predicted molar refractivity (Wildman–Crippen MR) is 80.1 cm³/mol. The van der Waals surface area contributed by atoms with Crippen LogP contribution in [-0.2, 0) is 12.8 Å². The lowest BCUT2D eigenvalue weighted by atomic mass is 9.97. The van der Waals surface area contributed by atoms with E-state index in [1.54, 1.807) is 23.1 Å². The molecule has 0 bridgehead atoms. The van der Waals surface area contributed by atoms with Crippen LogP contribution in [0.25, 0.3) is 10.2 Å². The number of aromatic nitrogens is 2. The van der Waals surface area contributed by atoms with Crippen LogP contribution in [0, 0.1) is 0 Å². The van der Waals surface area contributed by atoms with Gasteiger partial charge in [0, 0.05) is 10.1 Å². The van der Waals surface area contributed by atoms with E-state index in [4.69, 9.17) is 11.6 Å². The van der Waals surface area contributed by atoms with Crippen molar-refractivity contribution in [2.75, 3.05) is 0 Å². The van der Waals surface area contributed by atoms with E-state index in [0.29, 0.717) is 10.4 Å². The summed E-state index contributed by atoms with van der Waals surface area (Å²) in [6.45, 7) is 4.29. The molecule has 0 amide bonds. The number of fused-ring (bicyclic) bond motifs is 3. The van der Waals surface area contributed by atoms with Crippen molar-refractivity contribution in [2.45, 2.75) is 49.9 Å². The standard InChI is InChI=1S/C13H15ClN2S2/c1-7(2)17-13-15-11(14)10-8-5-3-4-6-9(8)18-12(10)16-13/h7H,3-6H2,1-2H3. The van der Waals surface area contributed by atoms with Crippen molar-refractivity contribution in [1.29, 1.82) is 0 Å². The Hall–Kier alpha value is -0.320. The molecule has 0 unspecified atom stereocenters. The summed E-state index contributed by atoms with van der Waals surface area (Å²) >= 11 is 9.85. The summed E-state index contributed by atoms with van der Waals surface area (Å²) in [7, 11) is 0. The average molecular weight is 299 g/mol. The quantitative estimate of drug-likeness (QED) is 0.455. The lowest BCUT2D eigenvalue weighted by Gasteiger charge is -2.10. The summed E-state index contributed by atoms with van der Waals surface area (Å²) in [6.07, 6.45) is 4.87. The van der Waals surface area contributed by atoms with Gasteiger partial charge in [-0.2, -0.15) is 0 Å². The molecule has 0 fully saturated rings. The second kappa shape index (κ2) is 4.99. The van der Waals surface area contributed by atoms with Crippen LogP contribution in [-0.4, -0.2) is 15.2 Å². The highest BCUT2D eigenvalue weighted by Crippen LogP contribution is 2.39. The highest BCUT2D eigenvalue weighted by Gasteiger charge is 2.20. The first-order valence-electron chi connectivity index (χ1n) is 6.29. The number of aryl methyl sites for hydroxylation is 2. The largest absolute Gasteiger partial charge is 0.211 e. The fraction of sp³-hybridized carbons (Fsp3) is 0.538. The third-order valence-corrected chi connectivity index (χ3v) is 5.42. The zero-order valence-corrected chi connectivity index (χ0v) is 12.9. The maximum Gasteiger partial charge on any atom is 0.190 e. The molecule has 0 atom stereocenters. The molecule has 1 aliphatic carbocycles. The molecule has 0 radical (unpaired) electrons. The fourth-order valence-corrected chi connectivity index (χ4v) is 4.78. The number of halogens is 1. The Labute approximate surface area is 120 Å². The van der Waals surface area contributed by atoms with Gasteiger partial charge in [0.2, 0.25) is 0 Å². The molecule has 2 aromatic heterocycles. The van der Waals surface area contributed by atoms with E-state index in [1.807, 2.05) is 0 Å². The van der Waals surface area contributed by atoms with Gasteiger partial charge in [0.1, 0.15) is 9.98 Å². The molecule has 0 saturated heterocycles. The Morgan fingerprint density at radius 3 is 2.78 bits per heavy atom. The Morgan fingerprint density at radius 2 is 2.00 bits per heavy atom. The summed E-state index contributed by atoms with van der Waals surface area (Å²) in [6, 6.07) is 0. The van der Waals surface area contributed by atoms with Gasteiger partial charge >= 0.3 is 0 Å². The first-order valence-corrected chi connectivity index (χ1v) is 8.37. The van der Waals surface area contributed by atoms with Gasteiger partial charge in [-0.1, -0.05) is 37.2 Å². The monoisotopic (exact) mass is 298 g/mol. The molecule has 5 heteroatoms. The van der Waals surface area contributed by atoms with Crippen molar-refractivity contribution >= 4 is 44.9 Å². The van der Waals surface area contributed by atoms with E-state index in [2.05, 4.69) is 23.8 Å². The molecule has 0 N–H and O–H groups in total. The molecule has 3 rings (SSSR count). The van der Waals surface area contributed by atoms with Crippen molar-refractivity contribution in [3.63, 3.8) is 0 Å². The van der Waals surface area contributed by atoms with Crippen LogP contribution >= 0.6 is 34.7 Å². The zero-order chi connectivity index (χ0) is 12.7. The molecule has 0 aliphatic heterocycles. The van der Waals surface area contributed by atoms with Crippen LogP contribution in [0.2, 0.25) is 5.15 Å². The molecule has 2 heterocycles. The lowest BCUT2D eigenvalue weighted by molar-refractivity contribution is 0.700. The predicted octanol–water partition coefficient (Wildman–Crippen LogP) is 4.72. The van der Waals surface area contributed by atoms with E-state index < -0.39 is 0 Å². The maximum absolute atomic E-state index is 6.37. The number of rotatable bonds is 2. The van der Waals surface area contributed by atoms with Crippen molar-refractivity contribution < 1.29 is 0 Å². The Kier molecular flexibility index (Phi) is 3.52. The van der Waals surface area contributed by atoms with Crippen molar-refractivity contribution in [1.82, 2.24) is 9.97 Å². The van der Waals surface area contributed by atoms with Crippen molar-refractivity contribution in [2.24, 2.45) is 0 Å². The minimum atomic E-state index is 0.480. The molecule has 18 heavy (non-hydrogen) atoms. The van der Waals surface area contributed by atoms with Crippen LogP contribution in [0.3, 0.4) is 0 Å². The molecule has 2 nitrogen and oxygen atoms in total. The summed E-state index contributed by atoms with van der Waals surface area (Å²) < 4.78 is 0. The molecule has 2 aromatic rings. The van der Waals surface area contributed by atoms with Gasteiger partial charge in [0.15, 0.2) is 5.16 Å². The Balaban J connectivity index is 2.14. The highest BCUT2D eigenvalue weighted by atomic mass is 35.5. The zero-order valence-electron chi connectivity index (χ0n) is 10.5. The number of thiophene rings is 1. The fourth-order valence-electron chi connectivity index (χ4n) is 2.36. The van der Waals surface area contributed by atoms with E-state index in [9.17, 15) is 0 Å². The number of nitrogens with zero attached hydrogens (tertiary/aromatic N) is 2. The van der Waals surface area contributed by atoms with E-state index in [-0.39, 0.29) is 0 Å². The molecule has 0 saturated carbocycles. The molecular formula is C13H15ClN2S2. The summed E-state index contributed by atoms with van der Waals surface area (Å²) in [5.74, 6) is 0. The van der Waals surface area contributed by atoms with Gasteiger partial charge in [0.25, 0.3) is 0 Å². The maximum atomic E-state index is 6.37. The van der Waals surface area contributed by atoms with Crippen LogP contribution in [0.4, 0.5) is 0 Å². The lowest BCUT2D eigenvalue weighted by Crippen LogP contribution is -1.99. The SMILES string of the molecule is CC(C)Sc1nc(Cl)c2c3c(sc2n1)CCCC3. The van der Waals surface area contributed by atoms with Crippen molar-refractivity contribution in [3.8, 4) is 0 Å². The highest BCUT2D eigenvalue weighted by molar-refractivity contribution is 7.99. The minimum absolute atomic E-state index is 0.480. The Bertz CT molecular complexity index is 592. The van der Waals surface area contributed by atoms with Crippen LogP contribution in [0.5, 0.6) is 0 Å². The number of thioether (sulfide) groups is 1. The molecular weight excluding hydrogens is 284 g/mol. The van der Waals surface area contributed by atoms with E-state index >= 15 is 0 Å². The summed E-state index contributed by atoms with van der Waals surface area (Å²) in [5, 5.41) is 3.04. The van der Waals surface area contributed by atoms with Crippen LogP contribution < -0.4 is 0 Å². The second-order valence-electron chi connectivity index (χ2n) is 4.85. The molecule has 0 aromatic carbocycles. The third kappa shape index (κ3) is 2.26. The molecule has 1 aliphatic rings. The average Bonchev–Trinajstić information content (AvgIpc) is 2.66. The Morgan fingerprint density at radius 1 is 1.22 bits per heavy atom. The molecule has 96 valence electrons. The summed E-state index contributed by atoms with van der Waals surface area (Å²) in [5.41, 5.74) is 1.41. The van der Waals surface area contributed by atoms with Gasteiger partial charge in [-0.3, -0.25) is 0 Å². The smallest absolute Gasteiger partial charge is 0.190 e. The van der Waals surface area contributed by atoms with Crippen molar-refractivity contribution in [3.05, 3.63) is 15.6 Å². The van der Waals surface area contributed by atoms with Gasteiger partial charge in [0.05, 0.1) is 5.39 Å². The molecule has 0 spiro atoms. The minimum Gasteiger partial charge on any atom is -0.211 e. The first kappa shape index (κ1) is 12.7. The van der Waals surface area contributed by atoms with Gasteiger partial charge in [-0.05, 0) is 31.2 Å². The normalized spacial score (nSPS) is 15.3. The van der Waals surface area contributed by atoms with Crippen LogP contribution in [0.1, 0.15) is 37.1 Å². The summed E-state index contributed by atoms with van der Waals surface area (Å²) in [4.78, 5) is 11.7. The van der Waals surface area contributed by atoms with Gasteiger partial charge in [-0.25, -0.2) is 9.97 Å². The van der Waals surface area contributed by atoms with Gasteiger partial charge < -0.3 is 0 Å². The first-order chi connectivity index (χ1) is 8.65. The van der Waals surface area contributed by atoms with Crippen LogP contribution in [0.15, 0.2) is 5.16 Å². The number of hydrogen-bond donors (Lipinski definition) is 0. The topological polar surface area (TPSA) is 25.8 Å². The van der Waals surface area contributed by atoms with Gasteiger partial charge in [-0.15, -0.1) is 11.3 Å².